The fourth-order valence-corrected chi connectivity index (χ4v) is 1.25. The molecule has 0 aliphatic carbocycles. The van der Waals surface area contributed by atoms with Crippen molar-refractivity contribution in [3.63, 3.8) is 0 Å². The van der Waals surface area contributed by atoms with Gasteiger partial charge in [0, 0.05) is 0 Å². The highest BCUT2D eigenvalue weighted by Gasteiger charge is 2.14. The Morgan fingerprint density at radius 2 is 2.13 bits per heavy atom. The fourth-order valence-electron chi connectivity index (χ4n) is 1.25. The highest BCUT2D eigenvalue weighted by atomic mass is 19.3. The molecule has 0 amide bonds. The highest BCUT2D eigenvalue weighted by molar-refractivity contribution is 5.43. The molecule has 76 valence electrons. The first kappa shape index (κ1) is 11.1. The summed E-state index contributed by atoms with van der Waals surface area (Å²) in [6.07, 6.45) is -2.75. The van der Waals surface area contributed by atoms with Crippen molar-refractivity contribution in [3.05, 3.63) is 28.6 Å². The van der Waals surface area contributed by atoms with E-state index >= 15 is 0 Å². The van der Waals surface area contributed by atoms with Gasteiger partial charge in [0.25, 0.3) is 6.43 Å². The van der Waals surface area contributed by atoms with E-state index in [4.69, 9.17) is 10.5 Å². The molecule has 1 rings (SSSR count). The molecule has 0 saturated heterocycles. The van der Waals surface area contributed by atoms with Crippen LogP contribution in [-0.2, 0) is 6.42 Å². The molecular weight excluding hydrogens is 200 g/mol. The smallest absolute Gasteiger partial charge is 0.251 e. The number of hydrogen-bond donors (Lipinski definition) is 0. The van der Waals surface area contributed by atoms with Gasteiger partial charge in [-0.1, -0.05) is 0 Å². The van der Waals surface area contributed by atoms with E-state index in [1.54, 1.807) is 0 Å². The molecule has 0 unspecified atom stereocenters. The minimum absolute atomic E-state index is 0.0635. The van der Waals surface area contributed by atoms with Crippen LogP contribution in [0.2, 0.25) is 0 Å². The van der Waals surface area contributed by atoms with Crippen molar-refractivity contribution in [2.24, 2.45) is 0 Å². The Balaban J connectivity index is 3.35. The molecule has 1 aromatic rings. The molecule has 0 aromatic carbocycles. The third kappa shape index (κ3) is 2.26. The zero-order valence-corrected chi connectivity index (χ0v) is 7.96. The van der Waals surface area contributed by atoms with Gasteiger partial charge in [-0.15, -0.1) is 0 Å². The Kier molecular flexibility index (Phi) is 3.30. The van der Waals surface area contributed by atoms with Crippen LogP contribution < -0.4 is 0 Å². The van der Waals surface area contributed by atoms with E-state index in [1.165, 1.54) is 6.92 Å². The van der Waals surface area contributed by atoms with E-state index in [0.717, 1.165) is 6.07 Å². The van der Waals surface area contributed by atoms with Gasteiger partial charge in [0.15, 0.2) is 0 Å². The van der Waals surface area contributed by atoms with Crippen LogP contribution >= 0.6 is 0 Å². The van der Waals surface area contributed by atoms with Crippen LogP contribution in [0.1, 0.15) is 28.9 Å². The summed E-state index contributed by atoms with van der Waals surface area (Å²) in [7, 11) is 0. The number of nitriles is 2. The van der Waals surface area contributed by atoms with E-state index in [9.17, 15) is 8.78 Å². The van der Waals surface area contributed by atoms with Gasteiger partial charge in [0.1, 0.15) is 11.8 Å². The van der Waals surface area contributed by atoms with Crippen LogP contribution in [0.5, 0.6) is 0 Å². The van der Waals surface area contributed by atoms with Gasteiger partial charge >= 0.3 is 0 Å². The van der Waals surface area contributed by atoms with Crippen LogP contribution in [-0.4, -0.2) is 4.98 Å². The number of alkyl halides is 2. The van der Waals surface area contributed by atoms with Crippen LogP contribution in [0, 0.1) is 29.6 Å². The largest absolute Gasteiger partial charge is 0.280 e. The first-order chi connectivity index (χ1) is 7.10. The van der Waals surface area contributed by atoms with E-state index < -0.39 is 12.1 Å². The van der Waals surface area contributed by atoms with Crippen molar-refractivity contribution < 1.29 is 8.78 Å². The number of aryl methyl sites for hydroxylation is 1. The molecule has 0 bridgehead atoms. The Hall–Kier alpha value is -2.01. The molecule has 0 aliphatic heterocycles. The molecule has 0 spiro atoms. The van der Waals surface area contributed by atoms with Gasteiger partial charge < -0.3 is 0 Å². The predicted molar refractivity (Wildman–Crippen MR) is 48.0 cm³/mol. The molecular formula is C10H7F2N3. The lowest BCUT2D eigenvalue weighted by Gasteiger charge is -2.06. The van der Waals surface area contributed by atoms with Crippen LogP contribution in [0.15, 0.2) is 6.07 Å². The number of nitrogens with zero attached hydrogens (tertiary/aromatic N) is 3. The topological polar surface area (TPSA) is 60.5 Å². The molecule has 0 atom stereocenters. The average molecular weight is 207 g/mol. The summed E-state index contributed by atoms with van der Waals surface area (Å²) in [5, 5.41) is 17.3. The number of aromatic nitrogens is 1. The molecule has 3 nitrogen and oxygen atoms in total. The molecule has 5 heteroatoms. The quantitative estimate of drug-likeness (QED) is 0.747. The van der Waals surface area contributed by atoms with E-state index in [-0.39, 0.29) is 17.7 Å². The van der Waals surface area contributed by atoms with E-state index in [1.807, 2.05) is 12.1 Å². The first-order valence-corrected chi connectivity index (χ1v) is 4.15. The average Bonchev–Trinajstić information content (AvgIpc) is 2.17. The summed E-state index contributed by atoms with van der Waals surface area (Å²) in [6.45, 7) is 1.48. The second-order valence-corrected chi connectivity index (χ2v) is 2.91. The van der Waals surface area contributed by atoms with Crippen LogP contribution in [0.25, 0.3) is 0 Å². The lowest BCUT2D eigenvalue weighted by molar-refractivity contribution is 0.146. The molecule has 0 fully saturated rings. The van der Waals surface area contributed by atoms with Gasteiger partial charge in [-0.05, 0) is 18.6 Å². The molecule has 15 heavy (non-hydrogen) atoms. The number of rotatable bonds is 2. The van der Waals surface area contributed by atoms with Gasteiger partial charge in [-0.2, -0.15) is 10.5 Å². The summed E-state index contributed by atoms with van der Waals surface area (Å²) >= 11 is 0. The molecule has 1 aromatic heterocycles. The maximum atomic E-state index is 12.4. The normalized spacial score (nSPS) is 9.73. The lowest BCUT2D eigenvalue weighted by atomic mass is 10.0. The Labute approximate surface area is 85.6 Å². The van der Waals surface area contributed by atoms with Crippen LogP contribution in [0.4, 0.5) is 8.78 Å². The van der Waals surface area contributed by atoms with Crippen molar-refractivity contribution in [1.82, 2.24) is 4.98 Å². The number of halogens is 2. The third-order valence-corrected chi connectivity index (χ3v) is 1.91. The molecule has 1 heterocycles. The molecule has 0 radical (unpaired) electrons. The van der Waals surface area contributed by atoms with Crippen molar-refractivity contribution in [2.45, 2.75) is 19.8 Å². The summed E-state index contributed by atoms with van der Waals surface area (Å²) in [5.74, 6) is 0. The maximum absolute atomic E-state index is 12.4. The highest BCUT2D eigenvalue weighted by Crippen LogP contribution is 2.21. The molecule has 0 saturated carbocycles. The van der Waals surface area contributed by atoms with Crippen molar-refractivity contribution >= 4 is 0 Å². The number of pyridine rings is 1. The monoisotopic (exact) mass is 207 g/mol. The third-order valence-electron chi connectivity index (χ3n) is 1.91. The zero-order valence-electron chi connectivity index (χ0n) is 7.96. The second kappa shape index (κ2) is 4.47. The summed E-state index contributed by atoms with van der Waals surface area (Å²) < 4.78 is 24.7. The predicted octanol–water partition coefficient (Wildman–Crippen LogP) is 2.27. The zero-order chi connectivity index (χ0) is 11.4. The number of hydrogen-bond acceptors (Lipinski definition) is 3. The fraction of sp³-hybridized carbons (Fsp3) is 0.300. The summed E-state index contributed by atoms with van der Waals surface area (Å²) in [4.78, 5) is 3.60. The van der Waals surface area contributed by atoms with Crippen molar-refractivity contribution in [3.8, 4) is 12.1 Å². The Morgan fingerprint density at radius 3 is 2.60 bits per heavy atom. The maximum Gasteiger partial charge on any atom is 0.280 e. The molecule has 0 aliphatic rings. The standard InChI is InChI=1S/C10H7F2N3/c1-6-8(5-14)7(2-3-13)4-9(15-6)10(11)12/h4,10H,2H2,1H3. The molecule has 0 N–H and O–H groups in total. The van der Waals surface area contributed by atoms with Crippen molar-refractivity contribution in [2.75, 3.05) is 0 Å². The SMILES string of the molecule is Cc1nc(C(F)F)cc(CC#N)c1C#N. The Morgan fingerprint density at radius 1 is 1.47 bits per heavy atom. The lowest BCUT2D eigenvalue weighted by Crippen LogP contribution is -2.01. The van der Waals surface area contributed by atoms with Gasteiger partial charge in [-0.25, -0.2) is 8.78 Å². The van der Waals surface area contributed by atoms with E-state index in [2.05, 4.69) is 4.98 Å². The van der Waals surface area contributed by atoms with Gasteiger partial charge in [0.2, 0.25) is 0 Å². The summed E-state index contributed by atoms with van der Waals surface area (Å²) in [5.41, 5.74) is 0.362. The van der Waals surface area contributed by atoms with E-state index in [0.29, 0.717) is 5.56 Å². The summed E-state index contributed by atoms with van der Waals surface area (Å²) in [6, 6.07) is 4.80. The minimum atomic E-state index is -2.69. The van der Waals surface area contributed by atoms with Crippen LogP contribution in [0.3, 0.4) is 0 Å². The van der Waals surface area contributed by atoms with Gasteiger partial charge in [0.05, 0.1) is 23.7 Å². The van der Waals surface area contributed by atoms with Crippen molar-refractivity contribution in [1.29, 1.82) is 10.5 Å². The minimum Gasteiger partial charge on any atom is -0.251 e. The Bertz CT molecular complexity index is 455. The van der Waals surface area contributed by atoms with Gasteiger partial charge in [-0.3, -0.25) is 4.98 Å². The first-order valence-electron chi connectivity index (χ1n) is 4.15. The second-order valence-electron chi connectivity index (χ2n) is 2.91.